The highest BCUT2D eigenvalue weighted by atomic mass is 15.4. The van der Waals surface area contributed by atoms with E-state index in [1.54, 1.807) is 15.6 Å². The largest absolute Gasteiger partial charge is 0.366 e. The molecule has 7 heteroatoms. The number of nitrogens with two attached hydrogens (primary N) is 1. The first kappa shape index (κ1) is 8.96. The van der Waals surface area contributed by atoms with Crippen LogP contribution in [-0.2, 0) is 13.6 Å². The highest BCUT2D eigenvalue weighted by molar-refractivity contribution is 5.51. The number of aromatic nitrogens is 5. The van der Waals surface area contributed by atoms with Gasteiger partial charge in [0.1, 0.15) is 0 Å². The minimum atomic E-state index is 0.299. The Morgan fingerprint density at radius 3 is 3.00 bits per heavy atom. The summed E-state index contributed by atoms with van der Waals surface area (Å²) in [4.78, 5) is 6.18. The molecule has 2 aromatic rings. The molecule has 7 nitrogen and oxygen atoms in total. The molecule has 0 amide bonds. The molecule has 1 aliphatic heterocycles. The molecular weight excluding hydrogens is 206 g/mol. The first-order chi connectivity index (χ1) is 7.72. The van der Waals surface area contributed by atoms with Gasteiger partial charge in [0.25, 0.3) is 0 Å². The maximum atomic E-state index is 5.53. The van der Waals surface area contributed by atoms with Crippen molar-refractivity contribution < 1.29 is 0 Å². The number of fused-ring (bicyclic) bond motifs is 1. The monoisotopic (exact) mass is 217 g/mol. The Bertz CT molecular complexity index is 550. The molecule has 0 radical (unpaired) electrons. The summed E-state index contributed by atoms with van der Waals surface area (Å²) in [5.74, 6) is 1.12. The SMILES string of the molecule is Cn1cc(N2C=Cn3nc(N)nc3C2)cn1. The molecule has 0 aliphatic carbocycles. The van der Waals surface area contributed by atoms with Crippen molar-refractivity contribution in [3.63, 3.8) is 0 Å². The lowest BCUT2D eigenvalue weighted by atomic mass is 10.4. The van der Waals surface area contributed by atoms with Gasteiger partial charge in [0.05, 0.1) is 18.4 Å². The second-order valence-electron chi connectivity index (χ2n) is 3.63. The van der Waals surface area contributed by atoms with E-state index in [0.717, 1.165) is 11.5 Å². The third-order valence-electron chi connectivity index (χ3n) is 2.44. The van der Waals surface area contributed by atoms with Gasteiger partial charge in [-0.1, -0.05) is 0 Å². The maximum absolute atomic E-state index is 5.53. The Morgan fingerprint density at radius 2 is 2.25 bits per heavy atom. The van der Waals surface area contributed by atoms with Gasteiger partial charge in [-0.3, -0.25) is 4.68 Å². The van der Waals surface area contributed by atoms with E-state index in [0.29, 0.717) is 12.5 Å². The van der Waals surface area contributed by atoms with Crippen LogP contribution in [0.4, 0.5) is 11.6 Å². The lowest BCUT2D eigenvalue weighted by Gasteiger charge is -2.20. The predicted octanol–water partition coefficient (Wildman–Crippen LogP) is 0.0422. The molecule has 0 saturated carbocycles. The molecule has 2 N–H and O–H groups in total. The minimum Gasteiger partial charge on any atom is -0.366 e. The van der Waals surface area contributed by atoms with Crippen molar-refractivity contribution >= 4 is 17.8 Å². The fraction of sp³-hybridized carbons (Fsp3) is 0.222. The van der Waals surface area contributed by atoms with Crippen LogP contribution in [0.1, 0.15) is 5.82 Å². The zero-order valence-corrected chi connectivity index (χ0v) is 8.78. The van der Waals surface area contributed by atoms with Crippen molar-refractivity contribution in [3.05, 3.63) is 24.4 Å². The van der Waals surface area contributed by atoms with Crippen molar-refractivity contribution in [3.8, 4) is 0 Å². The highest BCUT2D eigenvalue weighted by Gasteiger charge is 2.16. The number of nitrogen functional groups attached to an aromatic ring is 1. The van der Waals surface area contributed by atoms with Gasteiger partial charge in [0, 0.05) is 25.6 Å². The number of hydrogen-bond donors (Lipinski definition) is 1. The zero-order chi connectivity index (χ0) is 11.1. The van der Waals surface area contributed by atoms with E-state index >= 15 is 0 Å². The average molecular weight is 217 g/mol. The number of anilines is 2. The molecule has 2 aromatic heterocycles. The summed E-state index contributed by atoms with van der Waals surface area (Å²) in [6, 6.07) is 0. The molecule has 3 heterocycles. The summed E-state index contributed by atoms with van der Waals surface area (Å²) in [5.41, 5.74) is 6.55. The van der Waals surface area contributed by atoms with Crippen LogP contribution in [0, 0.1) is 0 Å². The second kappa shape index (κ2) is 3.09. The van der Waals surface area contributed by atoms with Crippen LogP contribution in [0.2, 0.25) is 0 Å². The molecule has 82 valence electrons. The molecule has 1 aliphatic rings. The molecule has 0 spiro atoms. The van der Waals surface area contributed by atoms with Crippen LogP contribution in [0.3, 0.4) is 0 Å². The molecule has 0 saturated heterocycles. The van der Waals surface area contributed by atoms with Crippen molar-refractivity contribution in [1.29, 1.82) is 0 Å². The van der Waals surface area contributed by atoms with E-state index in [4.69, 9.17) is 5.73 Å². The molecule has 0 aromatic carbocycles. The van der Waals surface area contributed by atoms with Gasteiger partial charge in [-0.25, -0.2) is 4.68 Å². The fourth-order valence-corrected chi connectivity index (χ4v) is 1.68. The van der Waals surface area contributed by atoms with Crippen LogP contribution in [0.15, 0.2) is 18.6 Å². The van der Waals surface area contributed by atoms with Gasteiger partial charge in [-0.2, -0.15) is 10.1 Å². The van der Waals surface area contributed by atoms with Gasteiger partial charge in [0.2, 0.25) is 5.95 Å². The Hall–Kier alpha value is -2.31. The predicted molar refractivity (Wildman–Crippen MR) is 59.2 cm³/mol. The van der Waals surface area contributed by atoms with Crippen LogP contribution < -0.4 is 10.6 Å². The average Bonchev–Trinajstić information content (AvgIpc) is 2.81. The first-order valence-corrected chi connectivity index (χ1v) is 4.87. The highest BCUT2D eigenvalue weighted by Crippen LogP contribution is 2.19. The second-order valence-corrected chi connectivity index (χ2v) is 3.63. The number of nitrogens with zero attached hydrogens (tertiary/aromatic N) is 6. The van der Waals surface area contributed by atoms with E-state index < -0.39 is 0 Å². The topological polar surface area (TPSA) is 77.8 Å². The summed E-state index contributed by atoms with van der Waals surface area (Å²) in [6.45, 7) is 0.645. The molecule has 0 fully saturated rings. The van der Waals surface area contributed by atoms with Gasteiger partial charge in [0.15, 0.2) is 5.82 Å². The lowest BCUT2D eigenvalue weighted by Crippen LogP contribution is -2.21. The fourth-order valence-electron chi connectivity index (χ4n) is 1.68. The summed E-state index contributed by atoms with van der Waals surface area (Å²) >= 11 is 0. The van der Waals surface area contributed by atoms with Crippen molar-refractivity contribution in [2.75, 3.05) is 10.6 Å². The van der Waals surface area contributed by atoms with E-state index in [1.165, 1.54) is 0 Å². The summed E-state index contributed by atoms with van der Waals surface area (Å²) in [5, 5.41) is 8.16. The molecule has 0 atom stereocenters. The van der Waals surface area contributed by atoms with Crippen molar-refractivity contribution in [2.45, 2.75) is 6.54 Å². The maximum Gasteiger partial charge on any atom is 0.240 e. The van der Waals surface area contributed by atoms with E-state index in [2.05, 4.69) is 15.2 Å². The van der Waals surface area contributed by atoms with Gasteiger partial charge < -0.3 is 10.6 Å². The molecule has 16 heavy (non-hydrogen) atoms. The third kappa shape index (κ3) is 1.33. The Labute approximate surface area is 91.8 Å². The first-order valence-electron chi connectivity index (χ1n) is 4.87. The minimum absolute atomic E-state index is 0.299. The van der Waals surface area contributed by atoms with Gasteiger partial charge >= 0.3 is 0 Å². The van der Waals surface area contributed by atoms with Crippen molar-refractivity contribution in [2.24, 2.45) is 7.05 Å². The Kier molecular flexibility index (Phi) is 1.73. The van der Waals surface area contributed by atoms with Crippen LogP contribution >= 0.6 is 0 Å². The molecule has 3 rings (SSSR count). The number of hydrogen-bond acceptors (Lipinski definition) is 5. The Morgan fingerprint density at radius 1 is 1.38 bits per heavy atom. The lowest BCUT2D eigenvalue weighted by molar-refractivity contribution is 0.763. The quantitative estimate of drug-likeness (QED) is 0.729. The van der Waals surface area contributed by atoms with Crippen LogP contribution in [0.5, 0.6) is 0 Å². The Balaban J connectivity index is 1.93. The van der Waals surface area contributed by atoms with E-state index in [1.807, 2.05) is 30.5 Å². The summed E-state index contributed by atoms with van der Waals surface area (Å²) in [6.07, 6.45) is 7.51. The van der Waals surface area contributed by atoms with Crippen molar-refractivity contribution in [1.82, 2.24) is 24.5 Å². The van der Waals surface area contributed by atoms with Gasteiger partial charge in [-0.15, -0.1) is 5.10 Å². The molecule has 0 unspecified atom stereocenters. The van der Waals surface area contributed by atoms with Crippen LogP contribution in [0.25, 0.3) is 6.20 Å². The van der Waals surface area contributed by atoms with Gasteiger partial charge in [-0.05, 0) is 0 Å². The number of rotatable bonds is 1. The summed E-state index contributed by atoms with van der Waals surface area (Å²) < 4.78 is 3.44. The normalized spacial score (nSPS) is 14.2. The zero-order valence-electron chi connectivity index (χ0n) is 8.78. The smallest absolute Gasteiger partial charge is 0.240 e. The number of aryl methyl sites for hydroxylation is 1. The third-order valence-corrected chi connectivity index (χ3v) is 2.44. The summed E-state index contributed by atoms with van der Waals surface area (Å²) in [7, 11) is 1.89. The van der Waals surface area contributed by atoms with E-state index in [-0.39, 0.29) is 0 Å². The standard InChI is InChI=1S/C9H11N7/c1-14-5-7(4-11-14)15-2-3-16-8(6-15)12-9(10)13-16/h2-5H,6H2,1H3,(H2,10,13). The molecule has 0 bridgehead atoms. The molecular formula is C9H11N7. The van der Waals surface area contributed by atoms with E-state index in [9.17, 15) is 0 Å². The van der Waals surface area contributed by atoms with Crippen LogP contribution in [-0.4, -0.2) is 24.5 Å².